The summed E-state index contributed by atoms with van der Waals surface area (Å²) < 4.78 is 6.14. The number of aromatic amines is 1. The van der Waals surface area contributed by atoms with Crippen LogP contribution in [0, 0.1) is 25.2 Å². The Bertz CT molecular complexity index is 1800. The van der Waals surface area contributed by atoms with Gasteiger partial charge in [-0.15, -0.1) is 6.42 Å². The van der Waals surface area contributed by atoms with Crippen LogP contribution in [-0.4, -0.2) is 74.6 Å². The molecule has 0 saturated heterocycles. The van der Waals surface area contributed by atoms with Crippen molar-refractivity contribution < 1.29 is 34.8 Å². The van der Waals surface area contributed by atoms with E-state index in [0.717, 1.165) is 18.2 Å². The minimum Gasteiger partial charge on any atom is -0.453 e. The van der Waals surface area contributed by atoms with Crippen molar-refractivity contribution in [3.05, 3.63) is 40.6 Å². The van der Waals surface area contributed by atoms with Gasteiger partial charge < -0.3 is 36.2 Å². The van der Waals surface area contributed by atoms with Gasteiger partial charge in [0.05, 0.1) is 30.3 Å². The molecule has 1 saturated carbocycles. The van der Waals surface area contributed by atoms with E-state index in [1.54, 1.807) is 6.07 Å². The molecule has 1 aliphatic carbocycles. The number of hydrogen-bond acceptors (Lipinski definition) is 12. The Balaban J connectivity index is 0.000000488. The molecule has 3 atom stereocenters. The van der Waals surface area contributed by atoms with E-state index in [9.17, 15) is 34.8 Å². The highest BCUT2D eigenvalue weighted by atomic mass is 16.7. The van der Waals surface area contributed by atoms with Crippen molar-refractivity contribution >= 4 is 45.7 Å². The van der Waals surface area contributed by atoms with Crippen LogP contribution in [0.5, 0.6) is 0 Å². The largest absolute Gasteiger partial charge is 0.453 e. The lowest BCUT2D eigenvalue weighted by Gasteiger charge is -2.23. The Morgan fingerprint density at radius 3 is 2.64 bits per heavy atom. The molecule has 234 valence electrons. The molecule has 9 N–H and O–H groups in total. The molecular formula is C27H33N9O8. The smallest absolute Gasteiger partial charge is 0.409 e. The standard InChI is InChI=1S/C21H24N8O7.C6H9NO/c1-10-12-3-4-15(24-17(12)27-26-10)23-16-7-13-14(9-22-16)29(21(33,34)35)19(31)28(13)11-5-6-20(32,8-11)25-18(30)36-2;1-3-5(4-2)6(7)8/h3-4,7,9,11,32-35H,5-6,8H2,1-2H3,(H,25,30)(H2,22,23,24,26,27);1,5H,4H2,2H3,(H2,7,8). The number of primary amides is 1. The first-order valence-electron chi connectivity index (χ1n) is 13.4. The molecule has 0 aliphatic heterocycles. The van der Waals surface area contributed by atoms with E-state index >= 15 is 0 Å². The molecule has 17 nitrogen and oxygen atoms in total. The predicted octanol–water partition coefficient (Wildman–Crippen LogP) is -0.0333. The van der Waals surface area contributed by atoms with E-state index in [0.29, 0.717) is 22.5 Å². The number of nitrogens with two attached hydrogens (primary N) is 1. The van der Waals surface area contributed by atoms with Gasteiger partial charge in [0.2, 0.25) is 5.91 Å². The molecule has 17 heteroatoms. The first kappa shape index (κ1) is 31.9. The van der Waals surface area contributed by atoms with Gasteiger partial charge in [-0.3, -0.25) is 19.8 Å². The first-order valence-corrected chi connectivity index (χ1v) is 13.4. The average Bonchev–Trinajstić information content (AvgIpc) is 3.61. The fourth-order valence-corrected chi connectivity index (χ4v) is 5.03. The number of hydrogen-bond donors (Lipinski definition) is 8. The third kappa shape index (κ3) is 6.48. The third-order valence-corrected chi connectivity index (χ3v) is 7.23. The lowest BCUT2D eigenvalue weighted by atomic mass is 10.1. The summed E-state index contributed by atoms with van der Waals surface area (Å²) in [6, 6.07) is 4.37. The Kier molecular flexibility index (Phi) is 8.92. The number of aromatic nitrogens is 6. The maximum absolute atomic E-state index is 13.2. The molecule has 4 aromatic heterocycles. The van der Waals surface area contributed by atoms with Crippen LogP contribution < -0.4 is 22.1 Å². The van der Waals surface area contributed by atoms with Gasteiger partial charge in [-0.1, -0.05) is 12.8 Å². The molecule has 0 bridgehead atoms. The van der Waals surface area contributed by atoms with Gasteiger partial charge in [0.25, 0.3) is 0 Å². The van der Waals surface area contributed by atoms with Gasteiger partial charge in [0, 0.05) is 29.6 Å². The summed E-state index contributed by atoms with van der Waals surface area (Å²) in [7, 11) is 1.16. The van der Waals surface area contributed by atoms with Crippen molar-refractivity contribution in [2.24, 2.45) is 11.7 Å². The number of alkyl carbamates (subject to hydrolysis) is 1. The second kappa shape index (κ2) is 12.3. The Morgan fingerprint density at radius 2 is 2.05 bits per heavy atom. The number of aliphatic hydroxyl groups is 4. The zero-order chi connectivity index (χ0) is 32.4. The highest BCUT2D eigenvalue weighted by molar-refractivity contribution is 5.82. The van der Waals surface area contributed by atoms with Gasteiger partial charge in [0.1, 0.15) is 17.4 Å². The van der Waals surface area contributed by atoms with Gasteiger partial charge in [-0.2, -0.15) is 5.10 Å². The van der Waals surface area contributed by atoms with Crippen molar-refractivity contribution in [3.63, 3.8) is 0 Å². The molecule has 5 rings (SSSR count). The Morgan fingerprint density at radius 1 is 1.32 bits per heavy atom. The number of carbonyl (C=O) groups excluding carboxylic acids is 2. The number of methoxy groups -OCH3 is 1. The molecule has 3 unspecified atom stereocenters. The van der Waals surface area contributed by atoms with E-state index in [-0.39, 0.29) is 42.0 Å². The number of nitrogens with zero attached hydrogens (tertiary/aromatic N) is 5. The maximum Gasteiger partial charge on any atom is 0.409 e. The second-order valence-corrected chi connectivity index (χ2v) is 10.3. The Labute approximate surface area is 249 Å². The summed E-state index contributed by atoms with van der Waals surface area (Å²) in [5, 5.41) is 53.6. The number of H-pyrrole nitrogens is 1. The van der Waals surface area contributed by atoms with Crippen LogP contribution >= 0.6 is 0 Å². The SMILES string of the molecule is C#CC(CC)C(N)=O.COC(=O)NC1(O)CCC(n2c(=O)n(C(O)(O)O)c3cnc(Nc4ccc5c(C)[nH]nc5n4)cc32)C1. The van der Waals surface area contributed by atoms with E-state index in [1.807, 2.05) is 19.9 Å². The fraction of sp³-hybridized carbons (Fsp3) is 0.407. The summed E-state index contributed by atoms with van der Waals surface area (Å²) in [6.45, 7) is 3.70. The number of fused-ring (bicyclic) bond motifs is 2. The summed E-state index contributed by atoms with van der Waals surface area (Å²) in [5.74, 6) is 2.18. The lowest BCUT2D eigenvalue weighted by molar-refractivity contribution is -0.374. The normalized spacial score (nSPS) is 18.7. The van der Waals surface area contributed by atoms with Gasteiger partial charge in [0.15, 0.2) is 5.65 Å². The average molecular weight is 612 g/mol. The quantitative estimate of drug-likeness (QED) is 0.101. The molecule has 1 aliphatic rings. The van der Waals surface area contributed by atoms with Crippen LogP contribution in [0.15, 0.2) is 29.2 Å². The molecule has 4 heterocycles. The maximum atomic E-state index is 13.2. The molecule has 2 amide bonds. The minimum absolute atomic E-state index is 0.0687. The number of ether oxygens (including phenoxy) is 1. The van der Waals surface area contributed by atoms with Crippen LogP contribution in [0.4, 0.5) is 16.4 Å². The van der Waals surface area contributed by atoms with Crippen molar-refractivity contribution in [2.75, 3.05) is 12.4 Å². The number of imidazole rings is 1. The lowest BCUT2D eigenvalue weighted by Crippen LogP contribution is -2.47. The van der Waals surface area contributed by atoms with Crippen LogP contribution in [-0.2, 0) is 15.6 Å². The summed E-state index contributed by atoms with van der Waals surface area (Å²) in [4.78, 5) is 43.7. The minimum atomic E-state index is -3.50. The van der Waals surface area contributed by atoms with Crippen molar-refractivity contribution in [1.29, 1.82) is 0 Å². The zero-order valence-electron chi connectivity index (χ0n) is 24.1. The molecular weight excluding hydrogens is 578 g/mol. The summed E-state index contributed by atoms with van der Waals surface area (Å²) in [5.41, 5.74) is 3.78. The van der Waals surface area contributed by atoms with Crippen LogP contribution in [0.1, 0.15) is 44.3 Å². The first-order chi connectivity index (χ1) is 20.7. The van der Waals surface area contributed by atoms with E-state index in [2.05, 4.69) is 41.5 Å². The molecule has 0 spiro atoms. The number of nitrogens with one attached hydrogen (secondary N) is 3. The van der Waals surface area contributed by atoms with Crippen molar-refractivity contribution in [3.8, 4) is 12.3 Å². The predicted molar refractivity (Wildman–Crippen MR) is 156 cm³/mol. The summed E-state index contributed by atoms with van der Waals surface area (Å²) >= 11 is 0. The van der Waals surface area contributed by atoms with Crippen molar-refractivity contribution in [1.82, 2.24) is 34.6 Å². The third-order valence-electron chi connectivity index (χ3n) is 7.23. The number of amides is 2. The monoisotopic (exact) mass is 611 g/mol. The van der Waals surface area contributed by atoms with E-state index in [4.69, 9.17) is 12.2 Å². The number of terminal acetylenes is 1. The van der Waals surface area contributed by atoms with Gasteiger partial charge in [-0.25, -0.2) is 24.1 Å². The molecule has 44 heavy (non-hydrogen) atoms. The van der Waals surface area contributed by atoms with Gasteiger partial charge in [-0.05, 0) is 38.3 Å². The number of rotatable bonds is 7. The molecule has 0 radical (unpaired) electrons. The molecule has 0 aromatic carbocycles. The number of anilines is 2. The molecule has 4 aromatic rings. The van der Waals surface area contributed by atoms with E-state index in [1.165, 1.54) is 16.8 Å². The fourth-order valence-electron chi connectivity index (χ4n) is 5.03. The van der Waals surface area contributed by atoms with Crippen molar-refractivity contribution in [2.45, 2.75) is 57.4 Å². The van der Waals surface area contributed by atoms with Crippen LogP contribution in [0.2, 0.25) is 0 Å². The Hall–Kier alpha value is -5.02. The van der Waals surface area contributed by atoms with Crippen LogP contribution in [0.25, 0.3) is 22.1 Å². The number of aryl methyl sites for hydroxylation is 1. The topological polar surface area (TPSA) is 256 Å². The number of carbonyl (C=O) groups is 2. The molecule has 1 fully saturated rings. The van der Waals surface area contributed by atoms with E-state index < -0.39 is 35.6 Å². The highest BCUT2D eigenvalue weighted by Gasteiger charge is 2.42. The second-order valence-electron chi connectivity index (χ2n) is 10.3. The van der Waals surface area contributed by atoms with Gasteiger partial charge >= 0.3 is 17.9 Å². The number of pyridine rings is 2. The summed E-state index contributed by atoms with van der Waals surface area (Å²) in [6.07, 6.45) is 2.72. The zero-order valence-corrected chi connectivity index (χ0v) is 24.1. The van der Waals surface area contributed by atoms with Crippen LogP contribution in [0.3, 0.4) is 0 Å². The highest BCUT2D eigenvalue weighted by Crippen LogP contribution is 2.38.